The number of phenols is 1. The molecular weight excluding hydrogens is 556 g/mol. The zero-order valence-electron chi connectivity index (χ0n) is 23.3. The number of amides is 1. The molecule has 3 aromatic rings. The predicted octanol–water partition coefficient (Wildman–Crippen LogP) is 4.53. The Bertz CT molecular complexity index is 1560. The van der Waals surface area contributed by atoms with E-state index in [1.54, 1.807) is 12.3 Å². The molecule has 0 radical (unpaired) electrons. The number of rotatable bonds is 9. The van der Waals surface area contributed by atoms with Crippen LogP contribution in [-0.2, 0) is 10.0 Å². The predicted molar refractivity (Wildman–Crippen MR) is 147 cm³/mol. The van der Waals surface area contributed by atoms with Gasteiger partial charge in [-0.1, -0.05) is 6.92 Å². The first-order valence-corrected chi connectivity index (χ1v) is 14.8. The number of carbonyl (C=O) groups is 1. The average Bonchev–Trinajstić information content (AvgIpc) is 3.46. The van der Waals surface area contributed by atoms with E-state index in [0.717, 1.165) is 13.3 Å². The number of aromatic hydroxyl groups is 1. The lowest BCUT2D eigenvalue weighted by Gasteiger charge is -2.34. The summed E-state index contributed by atoms with van der Waals surface area (Å²) in [5.74, 6) is -2.73. The molecule has 41 heavy (non-hydrogen) atoms. The molecule has 1 amide bonds. The summed E-state index contributed by atoms with van der Waals surface area (Å²) >= 11 is 0. The number of halogens is 2. The fraction of sp³-hybridized carbons (Fsp3) is 0.464. The monoisotopic (exact) mass is 589 g/mol. The number of nitrogens with one attached hydrogen (secondary N) is 1. The lowest BCUT2D eigenvalue weighted by molar-refractivity contribution is -0.0712. The molecule has 10 nitrogen and oxygen atoms in total. The van der Waals surface area contributed by atoms with Crippen molar-refractivity contribution in [3.63, 3.8) is 0 Å². The molecule has 2 aliphatic rings. The van der Waals surface area contributed by atoms with Crippen LogP contribution in [0.1, 0.15) is 57.3 Å². The van der Waals surface area contributed by atoms with Crippen LogP contribution in [0.2, 0.25) is 0 Å². The van der Waals surface area contributed by atoms with Crippen molar-refractivity contribution in [3.8, 4) is 17.4 Å². The summed E-state index contributed by atoms with van der Waals surface area (Å²) in [4.78, 5) is 19.9. The number of hydrogen-bond donors (Lipinski definition) is 2. The van der Waals surface area contributed by atoms with Gasteiger partial charge in [0, 0.05) is 31.3 Å². The van der Waals surface area contributed by atoms with Gasteiger partial charge in [0.05, 0.1) is 15.9 Å². The number of alkyl halides is 2. The number of hydrogen-bond acceptors (Lipinski definition) is 8. The summed E-state index contributed by atoms with van der Waals surface area (Å²) in [7, 11) is -4.23. The second kappa shape index (κ2) is 9.97. The fourth-order valence-corrected chi connectivity index (χ4v) is 6.32. The van der Waals surface area contributed by atoms with Gasteiger partial charge in [0.2, 0.25) is 5.88 Å². The van der Waals surface area contributed by atoms with Crippen LogP contribution in [0.5, 0.6) is 11.6 Å². The molecule has 1 saturated heterocycles. The largest absolute Gasteiger partial charge is 0.508 e. The topological polar surface area (TPSA) is 127 Å². The minimum absolute atomic E-state index is 0.0581. The van der Waals surface area contributed by atoms with Crippen molar-refractivity contribution in [2.24, 2.45) is 11.3 Å². The first kappa shape index (κ1) is 28.8. The molecule has 2 aromatic heterocycles. The molecule has 0 spiro atoms. The third kappa shape index (κ3) is 5.72. The number of nitrogens with zero attached hydrogens (tertiary/aromatic N) is 4. The summed E-state index contributed by atoms with van der Waals surface area (Å²) in [5, 5.41) is 13.8. The molecule has 2 fully saturated rings. The van der Waals surface area contributed by atoms with Crippen molar-refractivity contribution in [3.05, 3.63) is 54.2 Å². The molecule has 1 aliphatic carbocycles. The van der Waals surface area contributed by atoms with Crippen molar-refractivity contribution >= 4 is 21.7 Å². The molecule has 0 bridgehead atoms. The highest BCUT2D eigenvalue weighted by Crippen LogP contribution is 2.56. The van der Waals surface area contributed by atoms with Crippen molar-refractivity contribution in [1.29, 1.82) is 0 Å². The van der Waals surface area contributed by atoms with Crippen LogP contribution in [0.3, 0.4) is 0 Å². The SMILES string of the molecule is C[C@@H]1CN(c2nc(-n3ccc(OCC4(C(C)(F)F)CC4)n3)ccc2C(=O)NS(=O)(=O)c2ccc(O)cc2)C(C)(C)C1. The van der Waals surface area contributed by atoms with Crippen molar-refractivity contribution in [1.82, 2.24) is 19.5 Å². The highest BCUT2D eigenvalue weighted by Gasteiger charge is 2.59. The first-order valence-electron chi connectivity index (χ1n) is 13.3. The van der Waals surface area contributed by atoms with E-state index in [1.165, 1.54) is 41.1 Å². The van der Waals surface area contributed by atoms with Gasteiger partial charge in [-0.2, -0.15) is 0 Å². The maximum atomic E-state index is 13.9. The Balaban J connectivity index is 1.44. The van der Waals surface area contributed by atoms with Crippen LogP contribution in [0, 0.1) is 11.3 Å². The summed E-state index contributed by atoms with van der Waals surface area (Å²) < 4.78 is 62.8. The second-order valence-electron chi connectivity index (χ2n) is 11.8. The molecule has 1 saturated carbocycles. The van der Waals surface area contributed by atoms with Gasteiger partial charge >= 0.3 is 0 Å². The Kier molecular flexibility index (Phi) is 6.99. The Morgan fingerprint density at radius 3 is 2.44 bits per heavy atom. The molecule has 13 heteroatoms. The van der Waals surface area contributed by atoms with Crippen molar-refractivity contribution < 1.29 is 31.8 Å². The number of anilines is 1. The number of sulfonamides is 1. The molecule has 0 unspecified atom stereocenters. The summed E-state index contributed by atoms with van der Waals surface area (Å²) in [6.45, 7) is 7.48. The Labute approximate surface area is 237 Å². The van der Waals surface area contributed by atoms with E-state index in [1.807, 2.05) is 18.7 Å². The highest BCUT2D eigenvalue weighted by atomic mass is 32.2. The number of phenolic OH excluding ortho intramolecular Hbond substituents is 1. The third-order valence-electron chi connectivity index (χ3n) is 7.89. The highest BCUT2D eigenvalue weighted by molar-refractivity contribution is 7.90. The number of carbonyl (C=O) groups excluding carboxylic acids is 1. The van der Waals surface area contributed by atoms with Crippen LogP contribution in [-0.4, -0.2) is 58.8 Å². The number of ether oxygens (including phenoxy) is 1. The minimum Gasteiger partial charge on any atom is -0.508 e. The van der Waals surface area contributed by atoms with Gasteiger partial charge < -0.3 is 14.7 Å². The van der Waals surface area contributed by atoms with Gasteiger partial charge in [0.25, 0.3) is 21.9 Å². The van der Waals surface area contributed by atoms with Crippen molar-refractivity contribution in [2.45, 2.75) is 63.3 Å². The molecule has 2 N–H and O–H groups in total. The molecule has 220 valence electrons. The van der Waals surface area contributed by atoms with Crippen LogP contribution in [0.4, 0.5) is 14.6 Å². The lowest BCUT2D eigenvalue weighted by atomic mass is 9.97. The van der Waals surface area contributed by atoms with Gasteiger partial charge in [0.15, 0.2) is 5.82 Å². The Hall–Kier alpha value is -3.74. The summed E-state index contributed by atoms with van der Waals surface area (Å²) in [6, 6.07) is 9.39. The molecule has 5 rings (SSSR count). The fourth-order valence-electron chi connectivity index (χ4n) is 5.35. The Morgan fingerprint density at radius 2 is 1.85 bits per heavy atom. The molecule has 1 aliphatic heterocycles. The molecular formula is C28H33F2N5O5S. The quantitative estimate of drug-likeness (QED) is 0.373. The third-order valence-corrected chi connectivity index (χ3v) is 9.24. The number of benzene rings is 1. The van der Waals surface area contributed by atoms with Gasteiger partial charge in [-0.25, -0.2) is 31.6 Å². The van der Waals surface area contributed by atoms with Gasteiger partial charge in [-0.15, -0.1) is 5.10 Å². The molecule has 1 aromatic carbocycles. The average molecular weight is 590 g/mol. The smallest absolute Gasteiger partial charge is 0.268 e. The summed E-state index contributed by atoms with van der Waals surface area (Å²) in [5.41, 5.74) is -1.49. The minimum atomic E-state index is -4.23. The second-order valence-corrected chi connectivity index (χ2v) is 13.4. The molecule has 3 heterocycles. The van der Waals surface area contributed by atoms with Crippen LogP contribution in [0.25, 0.3) is 5.82 Å². The summed E-state index contributed by atoms with van der Waals surface area (Å²) in [6.07, 6.45) is 3.18. The zero-order valence-corrected chi connectivity index (χ0v) is 24.1. The van der Waals surface area contributed by atoms with Gasteiger partial charge in [0.1, 0.15) is 18.2 Å². The lowest BCUT2D eigenvalue weighted by Crippen LogP contribution is -2.41. The van der Waals surface area contributed by atoms with Crippen molar-refractivity contribution in [2.75, 3.05) is 18.1 Å². The first-order chi connectivity index (χ1) is 19.1. The number of pyridine rings is 1. The van der Waals surface area contributed by atoms with E-state index in [0.29, 0.717) is 31.1 Å². The van der Waals surface area contributed by atoms with Crippen LogP contribution >= 0.6 is 0 Å². The molecule has 1 atom stereocenters. The number of aromatic nitrogens is 3. The van der Waals surface area contributed by atoms with E-state index in [-0.39, 0.29) is 40.1 Å². The standard InChI is InChI=1S/C28H33F2N5O5S/c1-18-15-26(2,3)34(16-18)24-21(25(37)33-41(38,39)20-7-5-19(36)6-8-20)9-10-22(31-24)35-14-11-23(32-35)40-17-28(12-13-28)27(4,29)30/h5-11,14,18,36H,12-13,15-17H2,1-4H3,(H,33,37)/t18-/m0/s1. The van der Waals surface area contributed by atoms with E-state index in [4.69, 9.17) is 9.72 Å². The maximum absolute atomic E-state index is 13.9. The van der Waals surface area contributed by atoms with Gasteiger partial charge in [-0.05, 0) is 75.4 Å². The van der Waals surface area contributed by atoms with Gasteiger partial charge in [-0.3, -0.25) is 4.79 Å². The van der Waals surface area contributed by atoms with E-state index in [2.05, 4.69) is 16.7 Å². The van der Waals surface area contributed by atoms with E-state index < -0.39 is 27.3 Å². The zero-order chi connectivity index (χ0) is 29.8. The Morgan fingerprint density at radius 1 is 1.17 bits per heavy atom. The van der Waals surface area contributed by atoms with Crippen LogP contribution < -0.4 is 14.4 Å². The maximum Gasteiger partial charge on any atom is 0.268 e. The van der Waals surface area contributed by atoms with E-state index >= 15 is 0 Å². The normalized spacial score (nSPS) is 19.7. The van der Waals surface area contributed by atoms with Crippen LogP contribution in [0.15, 0.2) is 53.6 Å². The van der Waals surface area contributed by atoms with E-state index in [9.17, 15) is 27.1 Å².